The van der Waals surface area contributed by atoms with Crippen molar-refractivity contribution in [2.24, 2.45) is 22.7 Å². The normalized spacial score (nSPS) is 24.9. The fourth-order valence-corrected chi connectivity index (χ4v) is 4.16. The van der Waals surface area contributed by atoms with Gasteiger partial charge < -0.3 is 4.90 Å². The number of hydrogen-bond donors (Lipinski definition) is 0. The lowest BCUT2D eigenvalue weighted by molar-refractivity contribution is 0.0623. The topological polar surface area (TPSA) is 15.6 Å². The Morgan fingerprint density at radius 3 is 2.37 bits per heavy atom. The Kier molecular flexibility index (Phi) is 8.07. The predicted octanol–water partition coefficient (Wildman–Crippen LogP) is 6.06. The molecule has 27 heavy (non-hydrogen) atoms. The monoisotopic (exact) mass is 376 g/mol. The second-order valence-corrected chi connectivity index (χ2v) is 7.99. The molecular weight excluding hydrogens is 342 g/mol. The Morgan fingerprint density at radius 1 is 1.19 bits per heavy atom. The summed E-state index contributed by atoms with van der Waals surface area (Å²) in [6, 6.07) is 0. The Bertz CT molecular complexity index is 610. The molecule has 150 valence electrons. The zero-order chi connectivity index (χ0) is 19.9. The molecule has 0 amide bonds. The van der Waals surface area contributed by atoms with E-state index in [4.69, 9.17) is 0 Å². The fourth-order valence-electron chi connectivity index (χ4n) is 4.16. The smallest absolute Gasteiger partial charge is 0.308 e. The molecule has 2 rings (SSSR count). The highest BCUT2D eigenvalue weighted by molar-refractivity contribution is 5.42. The average Bonchev–Trinajstić information content (AvgIpc) is 2.65. The Morgan fingerprint density at radius 2 is 1.85 bits per heavy atom. The van der Waals surface area contributed by atoms with E-state index in [-0.39, 0.29) is 6.42 Å². The van der Waals surface area contributed by atoms with Crippen molar-refractivity contribution in [2.45, 2.75) is 71.6 Å². The lowest BCUT2D eigenvalue weighted by Crippen LogP contribution is -2.34. The molecule has 2 aliphatic rings. The van der Waals surface area contributed by atoms with Crippen molar-refractivity contribution >= 4 is 6.72 Å². The second kappa shape index (κ2) is 10.1. The first-order valence-electron chi connectivity index (χ1n) is 10.4. The summed E-state index contributed by atoms with van der Waals surface area (Å²) in [5, 5.41) is 0. The molecule has 0 aromatic rings. The number of likely N-dealkylation sites (tertiary alicyclic amines) is 1. The molecule has 1 aliphatic heterocycles. The van der Waals surface area contributed by atoms with Gasteiger partial charge in [0.1, 0.15) is 5.70 Å². The summed E-state index contributed by atoms with van der Waals surface area (Å²) in [5.74, 6) is 4.27. The lowest BCUT2D eigenvalue weighted by atomic mass is 9.69. The van der Waals surface area contributed by atoms with Crippen LogP contribution in [0.15, 0.2) is 28.5 Å². The fraction of sp³-hybridized carbons (Fsp3) is 0.696. The third kappa shape index (κ3) is 6.48. The van der Waals surface area contributed by atoms with Crippen molar-refractivity contribution in [3.05, 3.63) is 23.5 Å². The largest absolute Gasteiger partial charge is 0.372 e. The molecule has 0 bridgehead atoms. The van der Waals surface area contributed by atoms with Crippen LogP contribution in [0.25, 0.3) is 0 Å². The minimum absolute atomic E-state index is 0.297. The van der Waals surface area contributed by atoms with Crippen LogP contribution >= 0.6 is 0 Å². The van der Waals surface area contributed by atoms with Gasteiger partial charge in [0.2, 0.25) is 0 Å². The van der Waals surface area contributed by atoms with Crippen LogP contribution in [0.4, 0.5) is 8.78 Å². The van der Waals surface area contributed by atoms with Gasteiger partial charge in [0.15, 0.2) is 0 Å². The summed E-state index contributed by atoms with van der Waals surface area (Å²) >= 11 is 0. The lowest BCUT2D eigenvalue weighted by Gasteiger charge is -2.40. The van der Waals surface area contributed by atoms with Gasteiger partial charge in [-0.25, -0.2) is 0 Å². The van der Waals surface area contributed by atoms with Gasteiger partial charge >= 0.3 is 5.92 Å². The molecule has 0 aromatic heterocycles. The number of allylic oxidation sites excluding steroid dienone is 3. The van der Waals surface area contributed by atoms with E-state index >= 15 is 0 Å². The van der Waals surface area contributed by atoms with Gasteiger partial charge in [0.05, 0.1) is 0 Å². The summed E-state index contributed by atoms with van der Waals surface area (Å²) < 4.78 is 26.7. The summed E-state index contributed by atoms with van der Waals surface area (Å²) in [6.07, 6.45) is 11.5. The van der Waals surface area contributed by atoms with Crippen LogP contribution in [0.5, 0.6) is 0 Å². The maximum absolute atomic E-state index is 13.4. The summed E-state index contributed by atoms with van der Waals surface area (Å²) in [5.41, 5.74) is 1.30. The summed E-state index contributed by atoms with van der Waals surface area (Å²) in [4.78, 5) is 6.15. The van der Waals surface area contributed by atoms with Gasteiger partial charge in [0.25, 0.3) is 0 Å². The molecule has 0 N–H and O–H groups in total. The van der Waals surface area contributed by atoms with Crippen LogP contribution in [0.3, 0.4) is 0 Å². The van der Waals surface area contributed by atoms with E-state index in [9.17, 15) is 8.78 Å². The highest BCUT2D eigenvalue weighted by atomic mass is 19.3. The van der Waals surface area contributed by atoms with E-state index in [0.717, 1.165) is 36.5 Å². The van der Waals surface area contributed by atoms with Gasteiger partial charge in [-0.2, -0.15) is 8.78 Å². The SMILES string of the molecule is C=N/C(C#CC(F)(F)CC)=C\C(=C/C)N1CCC(CC2CC(CC)C2)CC1. The first-order valence-corrected chi connectivity index (χ1v) is 10.4. The van der Waals surface area contributed by atoms with E-state index in [1.165, 1.54) is 45.4 Å². The van der Waals surface area contributed by atoms with Gasteiger partial charge in [-0.05, 0) is 81.4 Å². The number of halogens is 2. The molecule has 0 atom stereocenters. The first-order chi connectivity index (χ1) is 12.9. The Hall–Kier alpha value is -1.63. The molecular formula is C23H34F2N2. The molecule has 2 fully saturated rings. The van der Waals surface area contributed by atoms with Gasteiger partial charge in [0, 0.05) is 25.2 Å². The van der Waals surface area contributed by atoms with Gasteiger partial charge in [-0.1, -0.05) is 26.3 Å². The molecule has 2 nitrogen and oxygen atoms in total. The van der Waals surface area contributed by atoms with Crippen molar-refractivity contribution in [2.75, 3.05) is 13.1 Å². The Labute approximate surface area is 163 Å². The molecule has 0 unspecified atom stereocenters. The molecule has 0 aromatic carbocycles. The van der Waals surface area contributed by atoms with E-state index < -0.39 is 5.92 Å². The summed E-state index contributed by atoms with van der Waals surface area (Å²) in [7, 11) is 0. The highest BCUT2D eigenvalue weighted by Crippen LogP contribution is 2.41. The van der Waals surface area contributed by atoms with Crippen molar-refractivity contribution in [1.82, 2.24) is 4.90 Å². The standard InChI is InChI=1S/C23H34F2N2/c1-5-18-14-20(15-18)16-19-9-12-27(13-10-19)22(6-2)17-21(26-4)8-11-23(24,25)7-3/h6,17-20H,4-5,7,9-10,12-16H2,1-3H3/b21-17-,22-6+. The maximum atomic E-state index is 13.4. The molecule has 1 heterocycles. The van der Waals surface area contributed by atoms with Crippen molar-refractivity contribution in [3.63, 3.8) is 0 Å². The maximum Gasteiger partial charge on any atom is 0.308 e. The van der Waals surface area contributed by atoms with Crippen LogP contribution in [0, 0.1) is 29.6 Å². The molecule has 0 spiro atoms. The van der Waals surface area contributed by atoms with E-state index in [0.29, 0.717) is 5.70 Å². The van der Waals surface area contributed by atoms with Crippen LogP contribution in [0.2, 0.25) is 0 Å². The molecule has 1 aliphatic carbocycles. The quantitative estimate of drug-likeness (QED) is 0.299. The molecule has 1 saturated heterocycles. The predicted molar refractivity (Wildman–Crippen MR) is 110 cm³/mol. The summed E-state index contributed by atoms with van der Waals surface area (Å²) in [6.45, 7) is 11.2. The van der Waals surface area contributed by atoms with Crippen LogP contribution < -0.4 is 0 Å². The van der Waals surface area contributed by atoms with Crippen LogP contribution in [-0.4, -0.2) is 30.6 Å². The first kappa shape index (κ1) is 21.7. The van der Waals surface area contributed by atoms with Crippen molar-refractivity contribution in [1.29, 1.82) is 0 Å². The van der Waals surface area contributed by atoms with E-state index in [2.05, 4.69) is 29.5 Å². The molecule has 1 saturated carbocycles. The number of piperidine rings is 1. The average molecular weight is 377 g/mol. The molecule has 0 radical (unpaired) electrons. The van der Waals surface area contributed by atoms with Crippen LogP contribution in [0.1, 0.15) is 65.7 Å². The van der Waals surface area contributed by atoms with Gasteiger partial charge in [-0.15, -0.1) is 0 Å². The zero-order valence-electron chi connectivity index (χ0n) is 17.1. The van der Waals surface area contributed by atoms with Crippen molar-refractivity contribution in [3.8, 4) is 11.8 Å². The number of nitrogens with zero attached hydrogens (tertiary/aromatic N) is 2. The van der Waals surface area contributed by atoms with Crippen molar-refractivity contribution < 1.29 is 8.78 Å². The van der Waals surface area contributed by atoms with E-state index in [1.807, 2.05) is 18.9 Å². The minimum Gasteiger partial charge on any atom is -0.372 e. The number of rotatable bonds is 7. The third-order valence-corrected chi connectivity index (χ3v) is 6.13. The second-order valence-electron chi connectivity index (χ2n) is 7.99. The molecule has 4 heteroatoms. The third-order valence-electron chi connectivity index (χ3n) is 6.13. The number of alkyl halides is 2. The zero-order valence-corrected chi connectivity index (χ0v) is 17.1. The number of aliphatic imine (C=N–C) groups is 1. The highest BCUT2D eigenvalue weighted by Gasteiger charge is 2.31. The van der Waals surface area contributed by atoms with Crippen LogP contribution in [-0.2, 0) is 0 Å². The minimum atomic E-state index is -2.98. The van der Waals surface area contributed by atoms with E-state index in [1.54, 1.807) is 6.08 Å². The number of hydrogen-bond acceptors (Lipinski definition) is 2. The van der Waals surface area contributed by atoms with Gasteiger partial charge in [-0.3, -0.25) is 4.99 Å². The Balaban J connectivity index is 1.89.